The number of phenols is 1. The zero-order chi connectivity index (χ0) is 29.3. The maximum absolute atomic E-state index is 14.0. The van der Waals surface area contributed by atoms with E-state index in [0.29, 0.717) is 46.0 Å². The molecule has 0 aromatic heterocycles. The van der Waals surface area contributed by atoms with Crippen molar-refractivity contribution in [2.75, 3.05) is 26.6 Å². The lowest BCUT2D eigenvalue weighted by Gasteiger charge is -2.37. The molecule has 2 atom stereocenters. The van der Waals surface area contributed by atoms with Crippen molar-refractivity contribution < 1.29 is 28.9 Å². The summed E-state index contributed by atoms with van der Waals surface area (Å²) in [7, 11) is 4.65. The highest BCUT2D eigenvalue weighted by molar-refractivity contribution is 6.10. The standard InChI is InChI=1S/C33H34N2O6/c1-18-8-6-7-9-23(18)35-33(38)30-19(2)34-24-14-22(20-11-13-27(39-3)29(16-20)41-5)15-26(37)32(24)31(30)21-10-12-25(36)28(17-21)40-4/h6-13,16-17,22,31,34,36H,14-15H2,1-5H3,(H,35,38)/t22-,31-/m0/s1. The highest BCUT2D eigenvalue weighted by Crippen LogP contribution is 2.47. The van der Waals surface area contributed by atoms with Crippen LogP contribution < -0.4 is 24.8 Å². The first-order valence-corrected chi connectivity index (χ1v) is 13.5. The summed E-state index contributed by atoms with van der Waals surface area (Å²) in [6.07, 6.45) is 0.847. The van der Waals surface area contributed by atoms with E-state index < -0.39 is 5.92 Å². The number of anilines is 1. The number of hydrogen-bond acceptors (Lipinski definition) is 7. The summed E-state index contributed by atoms with van der Waals surface area (Å²) in [5.74, 6) is 0.391. The van der Waals surface area contributed by atoms with Gasteiger partial charge in [-0.3, -0.25) is 9.59 Å². The molecule has 1 aliphatic heterocycles. The Hall–Kier alpha value is -4.72. The minimum atomic E-state index is -0.649. The molecule has 0 fully saturated rings. The Morgan fingerprint density at radius 3 is 2.27 bits per heavy atom. The second kappa shape index (κ2) is 11.4. The minimum absolute atomic E-state index is 0.0190. The molecule has 3 aromatic rings. The molecule has 41 heavy (non-hydrogen) atoms. The molecule has 1 heterocycles. The van der Waals surface area contributed by atoms with Crippen LogP contribution in [0.5, 0.6) is 23.0 Å². The number of aryl methyl sites for hydroxylation is 1. The predicted molar refractivity (Wildman–Crippen MR) is 157 cm³/mol. The topological polar surface area (TPSA) is 106 Å². The Morgan fingerprint density at radius 1 is 0.878 bits per heavy atom. The highest BCUT2D eigenvalue weighted by atomic mass is 16.5. The second-order valence-corrected chi connectivity index (χ2v) is 10.3. The first-order chi connectivity index (χ1) is 19.7. The minimum Gasteiger partial charge on any atom is -0.504 e. The molecule has 5 rings (SSSR count). The van der Waals surface area contributed by atoms with Gasteiger partial charge in [0.15, 0.2) is 28.8 Å². The van der Waals surface area contributed by atoms with E-state index in [1.165, 1.54) is 13.2 Å². The zero-order valence-corrected chi connectivity index (χ0v) is 23.8. The summed E-state index contributed by atoms with van der Waals surface area (Å²) >= 11 is 0. The monoisotopic (exact) mass is 554 g/mol. The van der Waals surface area contributed by atoms with Crippen LogP contribution in [-0.4, -0.2) is 38.1 Å². The summed E-state index contributed by atoms with van der Waals surface area (Å²) in [6.45, 7) is 3.78. The number of nitrogens with one attached hydrogen (secondary N) is 2. The molecule has 1 aliphatic carbocycles. The fourth-order valence-corrected chi connectivity index (χ4v) is 5.79. The number of methoxy groups -OCH3 is 3. The lowest BCUT2D eigenvalue weighted by molar-refractivity contribution is -0.116. The van der Waals surface area contributed by atoms with Crippen LogP contribution >= 0.6 is 0 Å². The Kier molecular flexibility index (Phi) is 7.75. The quantitative estimate of drug-likeness (QED) is 0.343. The average Bonchev–Trinajstić information content (AvgIpc) is 2.97. The lowest BCUT2D eigenvalue weighted by atomic mass is 9.71. The number of ketones is 1. The third kappa shape index (κ3) is 5.25. The Bertz CT molecular complexity index is 1590. The van der Waals surface area contributed by atoms with Crippen LogP contribution in [0.15, 0.2) is 83.2 Å². The molecular weight excluding hydrogens is 520 g/mol. The predicted octanol–water partition coefficient (Wildman–Crippen LogP) is 5.73. The molecular formula is C33H34N2O6. The molecule has 1 amide bonds. The maximum atomic E-state index is 14.0. The summed E-state index contributed by atoms with van der Waals surface area (Å²) in [5.41, 5.74) is 5.71. The van der Waals surface area contributed by atoms with E-state index in [2.05, 4.69) is 10.6 Å². The van der Waals surface area contributed by atoms with Crippen molar-refractivity contribution in [2.45, 2.75) is 38.5 Å². The Balaban J connectivity index is 1.58. The number of aromatic hydroxyl groups is 1. The number of para-hydroxylation sites is 1. The van der Waals surface area contributed by atoms with Gasteiger partial charge in [0.05, 0.1) is 21.3 Å². The van der Waals surface area contributed by atoms with Crippen molar-refractivity contribution >= 4 is 17.4 Å². The number of dihydropyridines is 1. The van der Waals surface area contributed by atoms with Gasteiger partial charge in [-0.1, -0.05) is 30.3 Å². The van der Waals surface area contributed by atoms with E-state index in [-0.39, 0.29) is 35.5 Å². The number of rotatable bonds is 7. The number of hydrogen-bond donors (Lipinski definition) is 3. The summed E-state index contributed by atoms with van der Waals surface area (Å²) in [6, 6.07) is 18.2. The Labute approximate surface area is 239 Å². The third-order valence-electron chi connectivity index (χ3n) is 7.88. The van der Waals surface area contributed by atoms with Gasteiger partial charge < -0.3 is 30.0 Å². The van der Waals surface area contributed by atoms with E-state index in [1.807, 2.05) is 56.3 Å². The first-order valence-electron chi connectivity index (χ1n) is 13.5. The van der Waals surface area contributed by atoms with Crippen molar-refractivity contribution in [2.24, 2.45) is 0 Å². The van der Waals surface area contributed by atoms with E-state index >= 15 is 0 Å². The van der Waals surface area contributed by atoms with Gasteiger partial charge in [0.2, 0.25) is 0 Å². The number of benzene rings is 3. The van der Waals surface area contributed by atoms with Crippen LogP contribution in [0, 0.1) is 6.92 Å². The number of carbonyl (C=O) groups excluding carboxylic acids is 2. The van der Waals surface area contributed by atoms with Crippen LogP contribution in [0.1, 0.15) is 48.3 Å². The fourth-order valence-electron chi connectivity index (χ4n) is 5.79. The average molecular weight is 555 g/mol. The molecule has 8 nitrogen and oxygen atoms in total. The van der Waals surface area contributed by atoms with Gasteiger partial charge in [0.25, 0.3) is 5.91 Å². The molecule has 0 bridgehead atoms. The van der Waals surface area contributed by atoms with Gasteiger partial charge in [-0.2, -0.15) is 0 Å². The molecule has 0 saturated carbocycles. The van der Waals surface area contributed by atoms with Crippen LogP contribution in [0.2, 0.25) is 0 Å². The van der Waals surface area contributed by atoms with E-state index in [4.69, 9.17) is 14.2 Å². The summed E-state index contributed by atoms with van der Waals surface area (Å²) < 4.78 is 16.3. The maximum Gasteiger partial charge on any atom is 0.254 e. The van der Waals surface area contributed by atoms with Gasteiger partial charge >= 0.3 is 0 Å². The van der Waals surface area contributed by atoms with Crippen molar-refractivity contribution in [3.05, 3.63) is 99.9 Å². The molecule has 212 valence electrons. The lowest BCUT2D eigenvalue weighted by Crippen LogP contribution is -2.37. The van der Waals surface area contributed by atoms with E-state index in [1.54, 1.807) is 26.4 Å². The van der Waals surface area contributed by atoms with Gasteiger partial charge in [-0.05, 0) is 73.2 Å². The second-order valence-electron chi connectivity index (χ2n) is 10.3. The third-order valence-corrected chi connectivity index (χ3v) is 7.88. The van der Waals surface area contributed by atoms with Crippen molar-refractivity contribution in [1.29, 1.82) is 0 Å². The normalized spacial score (nSPS) is 18.4. The number of carbonyl (C=O) groups is 2. The highest BCUT2D eigenvalue weighted by Gasteiger charge is 2.41. The fraction of sp³-hybridized carbons (Fsp3) is 0.273. The molecule has 0 saturated heterocycles. The number of phenolic OH excluding ortho intramolecular Hbond substituents is 1. The van der Waals surface area contributed by atoms with Crippen LogP contribution in [-0.2, 0) is 9.59 Å². The molecule has 0 unspecified atom stereocenters. The summed E-state index contributed by atoms with van der Waals surface area (Å²) in [4.78, 5) is 27.9. The van der Waals surface area contributed by atoms with Crippen molar-refractivity contribution in [1.82, 2.24) is 5.32 Å². The molecule has 3 aromatic carbocycles. The largest absolute Gasteiger partial charge is 0.504 e. The molecule has 0 radical (unpaired) electrons. The Morgan fingerprint density at radius 2 is 1.56 bits per heavy atom. The van der Waals surface area contributed by atoms with E-state index in [9.17, 15) is 14.7 Å². The molecule has 3 N–H and O–H groups in total. The van der Waals surface area contributed by atoms with E-state index in [0.717, 1.165) is 16.8 Å². The van der Waals surface area contributed by atoms with Gasteiger partial charge in [-0.15, -0.1) is 0 Å². The van der Waals surface area contributed by atoms with Crippen molar-refractivity contribution in [3.63, 3.8) is 0 Å². The van der Waals surface area contributed by atoms with Gasteiger partial charge in [0.1, 0.15) is 0 Å². The number of amides is 1. The van der Waals surface area contributed by atoms with Gasteiger partial charge in [-0.25, -0.2) is 0 Å². The first kappa shape index (κ1) is 27.8. The molecule has 8 heteroatoms. The SMILES string of the molecule is COc1cc([C@H]2C(C(=O)Nc3ccccc3C)=C(C)NC3=C2C(=O)C[C@@H](c2ccc(OC)c(OC)c2)C3)ccc1O. The van der Waals surface area contributed by atoms with Gasteiger partial charge in [0, 0.05) is 40.6 Å². The van der Waals surface area contributed by atoms with Crippen LogP contribution in [0.4, 0.5) is 5.69 Å². The van der Waals surface area contributed by atoms with Crippen molar-refractivity contribution in [3.8, 4) is 23.0 Å². The molecule has 0 spiro atoms. The van der Waals surface area contributed by atoms with Crippen LogP contribution in [0.3, 0.4) is 0 Å². The zero-order valence-electron chi connectivity index (χ0n) is 23.8. The number of ether oxygens (including phenoxy) is 3. The molecule has 2 aliphatic rings. The van der Waals surface area contributed by atoms with Crippen LogP contribution in [0.25, 0.3) is 0 Å². The summed E-state index contributed by atoms with van der Waals surface area (Å²) in [5, 5.41) is 16.7. The number of allylic oxidation sites excluding steroid dienone is 3. The smallest absolute Gasteiger partial charge is 0.254 e. The number of Topliss-reactive ketones (excluding diaryl/α,β-unsaturated/α-hetero) is 1.